The van der Waals surface area contributed by atoms with Crippen molar-refractivity contribution < 1.29 is 9.21 Å². The predicted molar refractivity (Wildman–Crippen MR) is 113 cm³/mol. The predicted octanol–water partition coefficient (Wildman–Crippen LogP) is 3.54. The van der Waals surface area contributed by atoms with Crippen LogP contribution in [-0.2, 0) is 0 Å². The van der Waals surface area contributed by atoms with Crippen molar-refractivity contribution in [3.8, 4) is 0 Å². The van der Waals surface area contributed by atoms with Crippen LogP contribution in [0.25, 0.3) is 11.0 Å². The number of para-hydroxylation sites is 1. The van der Waals surface area contributed by atoms with Crippen molar-refractivity contribution in [1.82, 2.24) is 25.8 Å². The Bertz CT molecular complexity index is 1110. The van der Waals surface area contributed by atoms with Crippen molar-refractivity contribution in [2.45, 2.75) is 24.8 Å². The van der Waals surface area contributed by atoms with E-state index in [4.69, 9.17) is 4.42 Å². The van der Waals surface area contributed by atoms with Crippen LogP contribution in [0.2, 0.25) is 0 Å². The van der Waals surface area contributed by atoms with Crippen LogP contribution in [0.3, 0.4) is 0 Å². The molecule has 1 saturated heterocycles. The van der Waals surface area contributed by atoms with Crippen molar-refractivity contribution >= 4 is 16.9 Å². The maximum absolute atomic E-state index is 13.0. The molecule has 1 unspecified atom stereocenters. The Morgan fingerprint density at radius 3 is 2.70 bits per heavy atom. The Hall–Kier alpha value is -3.45. The van der Waals surface area contributed by atoms with Gasteiger partial charge in [0.05, 0.1) is 0 Å². The zero-order valence-electron chi connectivity index (χ0n) is 16.5. The molecule has 1 fully saturated rings. The number of furan rings is 1. The van der Waals surface area contributed by atoms with Gasteiger partial charge in [-0.1, -0.05) is 18.2 Å². The van der Waals surface area contributed by atoms with Gasteiger partial charge in [-0.2, -0.15) is 5.10 Å². The van der Waals surface area contributed by atoms with E-state index in [0.29, 0.717) is 17.4 Å². The molecular weight excluding hydrogens is 378 g/mol. The van der Waals surface area contributed by atoms with Gasteiger partial charge >= 0.3 is 0 Å². The van der Waals surface area contributed by atoms with Gasteiger partial charge in [-0.05, 0) is 61.8 Å². The summed E-state index contributed by atoms with van der Waals surface area (Å²) in [5.74, 6) is 0.838. The number of carbonyl (C=O) groups is 1. The summed E-state index contributed by atoms with van der Waals surface area (Å²) in [5, 5.41) is 14.8. The van der Waals surface area contributed by atoms with E-state index in [1.54, 1.807) is 12.4 Å². The molecule has 3 N–H and O–H groups in total. The van der Waals surface area contributed by atoms with E-state index >= 15 is 0 Å². The van der Waals surface area contributed by atoms with Gasteiger partial charge in [-0.3, -0.25) is 14.9 Å². The summed E-state index contributed by atoms with van der Waals surface area (Å²) in [4.78, 5) is 17.1. The van der Waals surface area contributed by atoms with Gasteiger partial charge in [0.15, 0.2) is 0 Å². The third-order valence-corrected chi connectivity index (χ3v) is 5.65. The van der Waals surface area contributed by atoms with Gasteiger partial charge in [0.2, 0.25) is 0 Å². The summed E-state index contributed by atoms with van der Waals surface area (Å²) < 4.78 is 6.05. The fourth-order valence-electron chi connectivity index (χ4n) is 4.02. The zero-order valence-corrected chi connectivity index (χ0v) is 16.5. The molecule has 4 heterocycles. The average Bonchev–Trinajstić information content (AvgIpc) is 3.46. The minimum absolute atomic E-state index is 0.242. The number of hydrogen-bond donors (Lipinski definition) is 3. The van der Waals surface area contributed by atoms with Crippen LogP contribution in [0.15, 0.2) is 65.3 Å². The largest absolute Gasteiger partial charge is 0.459 e. The van der Waals surface area contributed by atoms with Gasteiger partial charge in [0.1, 0.15) is 23.1 Å². The van der Waals surface area contributed by atoms with Crippen LogP contribution in [0.5, 0.6) is 0 Å². The molecule has 0 bridgehead atoms. The molecule has 0 aliphatic carbocycles. The van der Waals surface area contributed by atoms with Crippen molar-refractivity contribution in [3.63, 3.8) is 0 Å². The van der Waals surface area contributed by atoms with Crippen molar-refractivity contribution in [2.75, 3.05) is 13.1 Å². The summed E-state index contributed by atoms with van der Waals surface area (Å²) in [6, 6.07) is 15.0. The number of hydrogen-bond acceptors (Lipinski definition) is 5. The summed E-state index contributed by atoms with van der Waals surface area (Å²) in [6.07, 6.45) is 5.51. The lowest BCUT2D eigenvalue weighted by Gasteiger charge is -2.20. The lowest BCUT2D eigenvalue weighted by atomic mass is 9.94. The molecule has 5 rings (SSSR count). The lowest BCUT2D eigenvalue weighted by Crippen LogP contribution is -2.29. The number of pyridine rings is 1. The van der Waals surface area contributed by atoms with Gasteiger partial charge in [0.25, 0.3) is 5.91 Å². The van der Waals surface area contributed by atoms with E-state index < -0.39 is 6.04 Å². The minimum Gasteiger partial charge on any atom is -0.459 e. The molecule has 1 aliphatic heterocycles. The highest BCUT2D eigenvalue weighted by molar-refractivity contribution is 5.93. The van der Waals surface area contributed by atoms with Crippen LogP contribution in [0.4, 0.5) is 0 Å². The number of H-pyrrole nitrogens is 1. The van der Waals surface area contributed by atoms with Gasteiger partial charge in [0, 0.05) is 29.4 Å². The Morgan fingerprint density at radius 1 is 1.10 bits per heavy atom. The van der Waals surface area contributed by atoms with Crippen LogP contribution in [-0.4, -0.2) is 34.2 Å². The Morgan fingerprint density at radius 2 is 1.90 bits per heavy atom. The topological polar surface area (TPSA) is 95.8 Å². The number of nitrogens with one attached hydrogen (secondary N) is 3. The second kappa shape index (κ2) is 8.12. The molecule has 1 aromatic carbocycles. The van der Waals surface area contributed by atoms with Crippen molar-refractivity contribution in [2.24, 2.45) is 0 Å². The molecule has 4 aromatic rings. The number of benzene rings is 1. The first kappa shape index (κ1) is 18.6. The Labute approximate surface area is 173 Å². The SMILES string of the molecule is O=C(NC(c1ccncc1)c1cc2ccccc2o1)c1cc(C2CCNCC2)[nH]n1. The number of piperidine rings is 1. The minimum atomic E-state index is -0.438. The molecule has 7 nitrogen and oxygen atoms in total. The molecule has 0 spiro atoms. The number of aromatic amines is 1. The molecule has 0 radical (unpaired) electrons. The van der Waals surface area contributed by atoms with Crippen LogP contribution in [0, 0.1) is 0 Å². The van der Waals surface area contributed by atoms with Gasteiger partial charge < -0.3 is 15.1 Å². The van der Waals surface area contributed by atoms with E-state index in [0.717, 1.165) is 48.2 Å². The maximum Gasteiger partial charge on any atom is 0.272 e. The molecule has 7 heteroatoms. The maximum atomic E-state index is 13.0. The summed E-state index contributed by atoms with van der Waals surface area (Å²) >= 11 is 0. The highest BCUT2D eigenvalue weighted by atomic mass is 16.3. The highest BCUT2D eigenvalue weighted by Gasteiger charge is 2.24. The second-order valence-corrected chi connectivity index (χ2v) is 7.61. The first-order chi connectivity index (χ1) is 14.8. The third-order valence-electron chi connectivity index (χ3n) is 5.65. The second-order valence-electron chi connectivity index (χ2n) is 7.61. The molecule has 30 heavy (non-hydrogen) atoms. The number of amides is 1. The quantitative estimate of drug-likeness (QED) is 0.475. The van der Waals surface area contributed by atoms with E-state index in [1.165, 1.54) is 0 Å². The van der Waals surface area contributed by atoms with Gasteiger partial charge in [-0.15, -0.1) is 0 Å². The van der Waals surface area contributed by atoms with E-state index in [2.05, 4.69) is 25.8 Å². The molecule has 1 aliphatic rings. The van der Waals surface area contributed by atoms with Crippen molar-refractivity contribution in [1.29, 1.82) is 0 Å². The molecular formula is C23H23N5O2. The average molecular weight is 401 g/mol. The summed E-state index contributed by atoms with van der Waals surface area (Å²) in [6.45, 7) is 1.97. The smallest absolute Gasteiger partial charge is 0.272 e. The standard InChI is InChI=1S/C23H23N5O2/c29-23(19-14-18(27-28-19)15-5-9-24-10-6-15)26-22(16-7-11-25-12-8-16)21-13-17-3-1-2-4-20(17)30-21/h1-4,7-8,11-15,22,24H,5-6,9-10H2,(H,26,29)(H,27,28). The first-order valence-electron chi connectivity index (χ1n) is 10.2. The first-order valence-corrected chi connectivity index (χ1v) is 10.2. The summed E-state index contributed by atoms with van der Waals surface area (Å²) in [5.41, 5.74) is 3.09. The van der Waals surface area contributed by atoms with E-state index in [1.807, 2.05) is 48.5 Å². The molecule has 152 valence electrons. The number of nitrogens with zero attached hydrogens (tertiary/aromatic N) is 2. The fourth-order valence-corrected chi connectivity index (χ4v) is 4.02. The monoisotopic (exact) mass is 401 g/mol. The van der Waals surface area contributed by atoms with Crippen LogP contribution >= 0.6 is 0 Å². The summed E-state index contributed by atoms with van der Waals surface area (Å²) in [7, 11) is 0. The van der Waals surface area contributed by atoms with Crippen molar-refractivity contribution in [3.05, 3.63) is 83.6 Å². The van der Waals surface area contributed by atoms with Crippen LogP contribution < -0.4 is 10.6 Å². The number of carbonyl (C=O) groups excluding carboxylic acids is 1. The van der Waals surface area contributed by atoms with Gasteiger partial charge in [-0.25, -0.2) is 0 Å². The highest BCUT2D eigenvalue weighted by Crippen LogP contribution is 2.29. The molecule has 1 amide bonds. The third kappa shape index (κ3) is 3.71. The zero-order chi connectivity index (χ0) is 20.3. The van der Waals surface area contributed by atoms with E-state index in [9.17, 15) is 4.79 Å². The molecule has 1 atom stereocenters. The Kier molecular flexibility index (Phi) is 5.03. The number of fused-ring (bicyclic) bond motifs is 1. The van der Waals surface area contributed by atoms with Crippen LogP contribution in [0.1, 0.15) is 52.3 Å². The molecule has 0 saturated carbocycles. The number of rotatable bonds is 5. The van der Waals surface area contributed by atoms with E-state index in [-0.39, 0.29) is 5.91 Å². The Balaban J connectivity index is 1.42. The lowest BCUT2D eigenvalue weighted by molar-refractivity contribution is 0.0934. The fraction of sp³-hybridized carbons (Fsp3) is 0.261. The normalized spacial score (nSPS) is 15.9. The number of aromatic nitrogens is 3. The molecule has 3 aromatic heterocycles.